The molecule has 0 aliphatic rings. The van der Waals surface area contributed by atoms with Gasteiger partial charge in [0.15, 0.2) is 0 Å². The fraction of sp³-hybridized carbons (Fsp3) is 0.500. The van der Waals surface area contributed by atoms with Gasteiger partial charge >= 0.3 is 0 Å². The van der Waals surface area contributed by atoms with Crippen LogP contribution in [0.5, 0.6) is 5.75 Å². The van der Waals surface area contributed by atoms with Crippen molar-refractivity contribution in [3.05, 3.63) is 27.2 Å². The molecule has 0 saturated heterocycles. The first kappa shape index (κ1) is 11.6. The number of phenols is 1. The van der Waals surface area contributed by atoms with Crippen LogP contribution in [0.3, 0.4) is 0 Å². The zero-order valence-electron chi connectivity index (χ0n) is 9.02. The molecule has 0 aliphatic heterocycles. The maximum atomic E-state index is 9.96. The Morgan fingerprint density at radius 3 is 2.07 bits per heavy atom. The highest BCUT2D eigenvalue weighted by Gasteiger charge is 2.12. The lowest BCUT2D eigenvalue weighted by Gasteiger charge is -2.13. The summed E-state index contributed by atoms with van der Waals surface area (Å²) in [5.41, 5.74) is 3.39. The van der Waals surface area contributed by atoms with Crippen LogP contribution in [0.2, 0.25) is 0 Å². The smallest absolute Gasteiger partial charge is 0.123 e. The Balaban J connectivity index is 3.39. The first-order valence-corrected chi connectivity index (χ1v) is 5.96. The first-order chi connectivity index (χ1) is 6.65. The summed E-state index contributed by atoms with van der Waals surface area (Å²) in [7, 11) is 0. The van der Waals surface area contributed by atoms with E-state index in [1.54, 1.807) is 0 Å². The molecule has 0 fully saturated rings. The molecule has 0 amide bonds. The van der Waals surface area contributed by atoms with Gasteiger partial charge in [0.25, 0.3) is 0 Å². The zero-order valence-corrected chi connectivity index (χ0v) is 10.6. The molecule has 2 heteroatoms. The summed E-state index contributed by atoms with van der Waals surface area (Å²) in [5.74, 6) is 0.471. The van der Waals surface area contributed by atoms with Crippen LogP contribution in [0.25, 0.3) is 0 Å². The number of hydrogen-bond donors (Lipinski definition) is 1. The summed E-state index contributed by atoms with van der Waals surface area (Å²) in [4.78, 5) is 0. The predicted octanol–water partition coefficient (Wildman–Crippen LogP) is 3.84. The van der Waals surface area contributed by atoms with E-state index in [9.17, 15) is 5.11 Å². The molecule has 0 heterocycles. The second-order valence-electron chi connectivity index (χ2n) is 3.40. The molecule has 0 saturated carbocycles. The van der Waals surface area contributed by atoms with E-state index in [0.717, 1.165) is 34.9 Å². The van der Waals surface area contributed by atoms with Crippen molar-refractivity contribution in [1.29, 1.82) is 0 Å². The topological polar surface area (TPSA) is 20.2 Å². The van der Waals surface area contributed by atoms with E-state index in [2.05, 4.69) is 42.8 Å². The second kappa shape index (κ2) is 4.83. The molecule has 1 rings (SSSR count). The molecule has 1 aromatic carbocycles. The lowest BCUT2D eigenvalue weighted by Crippen LogP contribution is -1.95. The third-order valence-electron chi connectivity index (χ3n) is 2.60. The number of rotatable bonds is 3. The number of aromatic hydroxyl groups is 1. The van der Waals surface area contributed by atoms with Crippen LogP contribution in [0.15, 0.2) is 10.5 Å². The predicted molar refractivity (Wildman–Crippen MR) is 63.9 cm³/mol. The SMILES string of the molecule is CCc1cc(CC)c(Br)c(CC)c1O. The third-order valence-corrected chi connectivity index (χ3v) is 3.59. The number of benzene rings is 1. The Labute approximate surface area is 94.3 Å². The molecule has 1 nitrogen and oxygen atoms in total. The van der Waals surface area contributed by atoms with Crippen LogP contribution in [-0.2, 0) is 19.3 Å². The molecule has 0 bridgehead atoms. The standard InChI is InChI=1S/C12H17BrO/c1-4-8-7-9(5-2)12(14)10(6-3)11(8)13/h7,14H,4-6H2,1-3H3. The Morgan fingerprint density at radius 1 is 1.07 bits per heavy atom. The average molecular weight is 257 g/mol. The maximum Gasteiger partial charge on any atom is 0.123 e. The maximum absolute atomic E-state index is 9.96. The van der Waals surface area contributed by atoms with Crippen LogP contribution in [-0.4, -0.2) is 5.11 Å². The highest BCUT2D eigenvalue weighted by atomic mass is 79.9. The van der Waals surface area contributed by atoms with Gasteiger partial charge in [-0.05, 0) is 30.4 Å². The van der Waals surface area contributed by atoms with Gasteiger partial charge in [0, 0.05) is 10.0 Å². The lowest BCUT2D eigenvalue weighted by atomic mass is 9.99. The summed E-state index contributed by atoms with van der Waals surface area (Å²) < 4.78 is 1.08. The van der Waals surface area contributed by atoms with Gasteiger partial charge in [0.2, 0.25) is 0 Å². The van der Waals surface area contributed by atoms with Crippen LogP contribution >= 0.6 is 15.9 Å². The van der Waals surface area contributed by atoms with E-state index in [-0.39, 0.29) is 0 Å². The van der Waals surface area contributed by atoms with Crippen molar-refractivity contribution < 1.29 is 5.11 Å². The molecule has 0 aliphatic carbocycles. The molecular weight excluding hydrogens is 240 g/mol. The lowest BCUT2D eigenvalue weighted by molar-refractivity contribution is 0.461. The van der Waals surface area contributed by atoms with Gasteiger partial charge < -0.3 is 5.11 Å². The molecule has 0 atom stereocenters. The Bertz CT molecular complexity index is 303. The molecule has 0 aromatic heterocycles. The Morgan fingerprint density at radius 2 is 1.64 bits per heavy atom. The van der Waals surface area contributed by atoms with E-state index in [1.165, 1.54) is 5.56 Å². The van der Waals surface area contributed by atoms with Crippen molar-refractivity contribution in [2.45, 2.75) is 40.0 Å². The minimum atomic E-state index is 0.471. The highest BCUT2D eigenvalue weighted by Crippen LogP contribution is 2.34. The van der Waals surface area contributed by atoms with Gasteiger partial charge in [-0.3, -0.25) is 0 Å². The van der Waals surface area contributed by atoms with Crippen LogP contribution < -0.4 is 0 Å². The van der Waals surface area contributed by atoms with Gasteiger partial charge in [-0.15, -0.1) is 0 Å². The Kier molecular flexibility index (Phi) is 3.99. The summed E-state index contributed by atoms with van der Waals surface area (Å²) >= 11 is 3.56. The number of hydrogen-bond acceptors (Lipinski definition) is 1. The molecule has 1 N–H and O–H groups in total. The normalized spacial score (nSPS) is 10.6. The van der Waals surface area contributed by atoms with Crippen molar-refractivity contribution in [1.82, 2.24) is 0 Å². The molecule has 0 radical (unpaired) electrons. The summed E-state index contributed by atoms with van der Waals surface area (Å²) in [6, 6.07) is 2.10. The van der Waals surface area contributed by atoms with Crippen molar-refractivity contribution in [3.8, 4) is 5.75 Å². The van der Waals surface area contributed by atoms with Crippen LogP contribution in [0, 0.1) is 0 Å². The minimum absolute atomic E-state index is 0.471. The van der Waals surface area contributed by atoms with Crippen LogP contribution in [0.4, 0.5) is 0 Å². The van der Waals surface area contributed by atoms with E-state index in [0.29, 0.717) is 5.75 Å². The number of aryl methyl sites for hydroxylation is 2. The summed E-state index contributed by atoms with van der Waals surface area (Å²) in [6.45, 7) is 6.27. The van der Waals surface area contributed by atoms with Crippen molar-refractivity contribution in [2.24, 2.45) is 0 Å². The fourth-order valence-electron chi connectivity index (χ4n) is 1.68. The zero-order chi connectivity index (χ0) is 10.7. The summed E-state index contributed by atoms with van der Waals surface area (Å²) in [5, 5.41) is 9.96. The number of phenolic OH excluding ortho intramolecular Hbond substituents is 1. The summed E-state index contributed by atoms with van der Waals surface area (Å²) in [6.07, 6.45) is 2.76. The highest BCUT2D eigenvalue weighted by molar-refractivity contribution is 9.10. The van der Waals surface area contributed by atoms with Crippen molar-refractivity contribution in [3.63, 3.8) is 0 Å². The largest absolute Gasteiger partial charge is 0.507 e. The quantitative estimate of drug-likeness (QED) is 0.872. The average Bonchev–Trinajstić information content (AvgIpc) is 2.19. The van der Waals surface area contributed by atoms with E-state index in [1.807, 2.05) is 0 Å². The molecule has 1 aromatic rings. The molecule has 0 unspecified atom stereocenters. The first-order valence-electron chi connectivity index (χ1n) is 5.17. The van der Waals surface area contributed by atoms with Gasteiger partial charge in [-0.2, -0.15) is 0 Å². The molecule has 0 spiro atoms. The third kappa shape index (κ3) is 1.95. The van der Waals surface area contributed by atoms with Gasteiger partial charge in [0.1, 0.15) is 5.75 Å². The molecular formula is C12H17BrO. The van der Waals surface area contributed by atoms with Gasteiger partial charge in [0.05, 0.1) is 0 Å². The Hall–Kier alpha value is -0.500. The molecule has 78 valence electrons. The minimum Gasteiger partial charge on any atom is -0.507 e. The van der Waals surface area contributed by atoms with Gasteiger partial charge in [-0.25, -0.2) is 0 Å². The van der Waals surface area contributed by atoms with E-state index >= 15 is 0 Å². The monoisotopic (exact) mass is 256 g/mol. The fourth-order valence-corrected chi connectivity index (χ4v) is 2.55. The van der Waals surface area contributed by atoms with Crippen LogP contribution in [0.1, 0.15) is 37.5 Å². The number of halogens is 1. The van der Waals surface area contributed by atoms with Gasteiger partial charge in [-0.1, -0.05) is 42.8 Å². The molecule has 14 heavy (non-hydrogen) atoms. The van der Waals surface area contributed by atoms with Crippen molar-refractivity contribution >= 4 is 15.9 Å². The van der Waals surface area contributed by atoms with E-state index in [4.69, 9.17) is 0 Å². The second-order valence-corrected chi connectivity index (χ2v) is 4.19. The van der Waals surface area contributed by atoms with E-state index < -0.39 is 0 Å². The van der Waals surface area contributed by atoms with Crippen molar-refractivity contribution in [2.75, 3.05) is 0 Å².